The number of hydrogen-bond donors (Lipinski definition) is 1. The van der Waals surface area contributed by atoms with Gasteiger partial charge in [0.05, 0.1) is 14.2 Å². The number of rotatable bonds is 0. The van der Waals surface area contributed by atoms with Crippen LogP contribution in [0.15, 0.2) is 10.7 Å². The van der Waals surface area contributed by atoms with Gasteiger partial charge in [-0.1, -0.05) is 0 Å². The summed E-state index contributed by atoms with van der Waals surface area (Å²) >= 11 is 4.95. The van der Waals surface area contributed by atoms with Crippen molar-refractivity contribution in [2.75, 3.05) is 5.73 Å². The van der Waals surface area contributed by atoms with E-state index in [1.54, 1.807) is 0 Å². The van der Waals surface area contributed by atoms with E-state index in [-0.39, 0.29) is 5.82 Å². The molecular weight excluding hydrogens is 314 g/mol. The first kappa shape index (κ1) is 8.19. The zero-order chi connectivity index (χ0) is 7.72. The van der Waals surface area contributed by atoms with E-state index in [2.05, 4.69) is 20.9 Å². The molecule has 0 unspecified atom stereocenters. The zero-order valence-electron chi connectivity index (χ0n) is 4.74. The first-order valence-corrected chi connectivity index (χ1v) is 4.25. The van der Waals surface area contributed by atoms with E-state index in [4.69, 9.17) is 5.73 Å². The van der Waals surface area contributed by atoms with E-state index < -0.39 is 0 Å². The summed E-state index contributed by atoms with van der Waals surface area (Å²) in [6, 6.07) is 0. The summed E-state index contributed by atoms with van der Waals surface area (Å²) in [6.45, 7) is 0. The van der Waals surface area contributed by atoms with Crippen molar-refractivity contribution in [3.8, 4) is 0 Å². The Morgan fingerprint density at radius 1 is 1.70 bits per heavy atom. The Balaban J connectivity index is 3.34. The third kappa shape index (κ3) is 1.39. The van der Waals surface area contributed by atoms with Crippen molar-refractivity contribution in [1.82, 2.24) is 4.98 Å². The molecule has 0 aliphatic carbocycles. The van der Waals surface area contributed by atoms with E-state index in [1.165, 1.54) is 0 Å². The lowest BCUT2D eigenvalue weighted by Crippen LogP contribution is -1.95. The monoisotopic (exact) mass is 316 g/mol. The molecule has 0 aliphatic heterocycles. The Morgan fingerprint density at radius 3 is 2.80 bits per heavy atom. The van der Waals surface area contributed by atoms with Crippen molar-refractivity contribution < 1.29 is 4.39 Å². The predicted molar refractivity (Wildman–Crippen MR) is 49.0 cm³/mol. The van der Waals surface area contributed by atoms with Gasteiger partial charge < -0.3 is 5.73 Å². The lowest BCUT2D eigenvalue weighted by Gasteiger charge is -1.98. The second-order valence-corrected chi connectivity index (χ2v) is 3.49. The van der Waals surface area contributed by atoms with Crippen molar-refractivity contribution in [1.29, 1.82) is 0 Å². The number of pyridine rings is 1. The normalized spacial score (nSPS) is 9.90. The van der Waals surface area contributed by atoms with Crippen LogP contribution in [0.1, 0.15) is 0 Å². The molecule has 1 rings (SSSR count). The summed E-state index contributed by atoms with van der Waals surface area (Å²) in [5, 5.41) is 0. The van der Waals surface area contributed by atoms with E-state index in [0.717, 1.165) is 6.20 Å². The van der Waals surface area contributed by atoms with E-state index >= 15 is 0 Å². The number of nitrogens with two attached hydrogens (primary N) is 1. The van der Waals surface area contributed by atoms with Gasteiger partial charge >= 0.3 is 0 Å². The largest absolute Gasteiger partial charge is 0.383 e. The summed E-state index contributed by atoms with van der Waals surface area (Å²) in [4.78, 5) is 3.59. The number of anilines is 1. The second-order valence-electron chi connectivity index (χ2n) is 1.62. The van der Waals surface area contributed by atoms with Crippen LogP contribution < -0.4 is 5.73 Å². The highest BCUT2D eigenvalue weighted by molar-refractivity contribution is 14.1. The molecule has 0 atom stereocenters. The fourth-order valence-corrected chi connectivity index (χ4v) is 1.16. The molecule has 0 aliphatic rings. The van der Waals surface area contributed by atoms with Crippen LogP contribution in [-0.2, 0) is 0 Å². The van der Waals surface area contributed by atoms with Crippen molar-refractivity contribution in [3.63, 3.8) is 0 Å². The molecule has 0 saturated carbocycles. The smallest absolute Gasteiger partial charge is 0.156 e. The molecule has 0 saturated heterocycles. The van der Waals surface area contributed by atoms with Gasteiger partial charge in [-0.2, -0.15) is 0 Å². The lowest BCUT2D eigenvalue weighted by atomic mass is 10.4. The van der Waals surface area contributed by atoms with Gasteiger partial charge in [-0.3, -0.25) is 0 Å². The summed E-state index contributed by atoms with van der Waals surface area (Å²) in [6.07, 6.45) is 1.10. The van der Waals surface area contributed by atoms with Crippen LogP contribution in [0.4, 0.5) is 10.2 Å². The molecule has 1 aromatic rings. The predicted octanol–water partition coefficient (Wildman–Crippen LogP) is 2.17. The molecule has 2 N–H and O–H groups in total. The Labute approximate surface area is 79.3 Å². The van der Waals surface area contributed by atoms with Crippen LogP contribution in [0.25, 0.3) is 0 Å². The molecule has 1 aromatic heterocycles. The molecule has 0 bridgehead atoms. The average Bonchev–Trinajstić information content (AvgIpc) is 1.93. The lowest BCUT2D eigenvalue weighted by molar-refractivity contribution is 0.613. The van der Waals surface area contributed by atoms with E-state index in [1.807, 2.05) is 22.6 Å². The van der Waals surface area contributed by atoms with Crippen LogP contribution in [0.2, 0.25) is 0 Å². The summed E-state index contributed by atoms with van der Waals surface area (Å²) in [5.74, 6) is -0.0486. The number of nitrogens with zero attached hydrogens (tertiary/aromatic N) is 1. The van der Waals surface area contributed by atoms with Crippen LogP contribution in [0.5, 0.6) is 0 Å². The number of nitrogen functional groups attached to an aromatic ring is 1. The summed E-state index contributed by atoms with van der Waals surface area (Å²) in [5.41, 5.74) is 5.36. The van der Waals surface area contributed by atoms with E-state index in [9.17, 15) is 4.39 Å². The SMILES string of the molecule is Nc1ncc(F)c(I)c1Br. The Kier molecular flexibility index (Phi) is 2.45. The molecule has 0 aromatic carbocycles. The Morgan fingerprint density at radius 2 is 2.30 bits per heavy atom. The second kappa shape index (κ2) is 3.00. The molecule has 5 heteroatoms. The molecule has 0 amide bonds. The summed E-state index contributed by atoms with van der Waals surface area (Å²) < 4.78 is 13.6. The van der Waals surface area contributed by atoms with Crippen LogP contribution in [0.3, 0.4) is 0 Å². The van der Waals surface area contributed by atoms with Crippen molar-refractivity contribution in [2.24, 2.45) is 0 Å². The topological polar surface area (TPSA) is 38.9 Å². The zero-order valence-corrected chi connectivity index (χ0v) is 8.48. The molecule has 54 valence electrons. The van der Waals surface area contributed by atoms with Gasteiger partial charge in [0, 0.05) is 0 Å². The minimum atomic E-state index is -0.360. The van der Waals surface area contributed by atoms with Crippen molar-refractivity contribution in [3.05, 3.63) is 20.1 Å². The van der Waals surface area contributed by atoms with Crippen LogP contribution in [-0.4, -0.2) is 4.98 Å². The summed E-state index contributed by atoms with van der Waals surface area (Å²) in [7, 11) is 0. The highest BCUT2D eigenvalue weighted by Gasteiger charge is 2.06. The fraction of sp³-hybridized carbons (Fsp3) is 0. The van der Waals surface area contributed by atoms with Gasteiger partial charge in [-0.25, -0.2) is 9.37 Å². The Bertz CT molecular complexity index is 239. The fourth-order valence-electron chi connectivity index (χ4n) is 0.457. The minimum absolute atomic E-state index is 0.311. The average molecular weight is 317 g/mol. The van der Waals surface area contributed by atoms with Gasteiger partial charge in [0.1, 0.15) is 5.82 Å². The van der Waals surface area contributed by atoms with Gasteiger partial charge in [0.15, 0.2) is 5.82 Å². The number of halogens is 3. The van der Waals surface area contributed by atoms with Gasteiger partial charge in [-0.05, 0) is 38.5 Å². The molecular formula is C5H3BrFIN2. The highest BCUT2D eigenvalue weighted by Crippen LogP contribution is 2.25. The van der Waals surface area contributed by atoms with Crippen molar-refractivity contribution in [2.45, 2.75) is 0 Å². The molecule has 2 nitrogen and oxygen atoms in total. The third-order valence-corrected chi connectivity index (χ3v) is 3.54. The molecule has 1 heterocycles. The van der Waals surface area contributed by atoms with Gasteiger partial charge in [0.2, 0.25) is 0 Å². The maximum atomic E-state index is 12.6. The first-order valence-electron chi connectivity index (χ1n) is 2.38. The molecule has 0 fully saturated rings. The molecule has 10 heavy (non-hydrogen) atoms. The van der Waals surface area contributed by atoms with Crippen LogP contribution in [0, 0.1) is 9.39 Å². The maximum absolute atomic E-state index is 12.6. The molecule has 0 spiro atoms. The minimum Gasteiger partial charge on any atom is -0.383 e. The maximum Gasteiger partial charge on any atom is 0.156 e. The number of hydrogen-bond acceptors (Lipinski definition) is 2. The first-order chi connectivity index (χ1) is 4.63. The van der Waals surface area contributed by atoms with E-state index in [0.29, 0.717) is 13.9 Å². The standard InChI is InChI=1S/C5H3BrFIN2/c6-3-4(8)2(7)1-10-5(3)9/h1H,(H2,9,10). The van der Waals surface area contributed by atoms with Gasteiger partial charge in [0.25, 0.3) is 0 Å². The number of aromatic nitrogens is 1. The molecule has 0 radical (unpaired) electrons. The van der Waals surface area contributed by atoms with Gasteiger partial charge in [-0.15, -0.1) is 0 Å². The third-order valence-electron chi connectivity index (χ3n) is 0.944. The quantitative estimate of drug-likeness (QED) is 0.745. The van der Waals surface area contributed by atoms with Crippen molar-refractivity contribution >= 4 is 44.3 Å². The highest BCUT2D eigenvalue weighted by atomic mass is 127. The Hall–Kier alpha value is 0.0900. The van der Waals surface area contributed by atoms with Crippen LogP contribution >= 0.6 is 38.5 Å².